The van der Waals surface area contributed by atoms with Crippen LogP contribution < -0.4 is 0 Å². The van der Waals surface area contributed by atoms with Crippen molar-refractivity contribution in [2.24, 2.45) is 5.41 Å². The summed E-state index contributed by atoms with van der Waals surface area (Å²) in [5.74, 6) is -0.688. The average Bonchev–Trinajstić information content (AvgIpc) is 2.81. The minimum absolute atomic E-state index is 0.137. The molecule has 1 aromatic heterocycles. The lowest BCUT2D eigenvalue weighted by atomic mass is 9.80. The molecule has 1 aromatic rings. The molecule has 2 unspecified atom stereocenters. The molecule has 6 nitrogen and oxygen atoms in total. The Bertz CT molecular complexity index is 763. The molecule has 2 aliphatic rings. The summed E-state index contributed by atoms with van der Waals surface area (Å²) >= 11 is 8.99. The van der Waals surface area contributed by atoms with E-state index in [9.17, 15) is 14.9 Å². The quantitative estimate of drug-likeness (QED) is 0.745. The van der Waals surface area contributed by atoms with Crippen LogP contribution in [0.1, 0.15) is 31.9 Å². The molecule has 2 amide bonds. The molecule has 0 N–H and O–H groups in total. The third-order valence-electron chi connectivity index (χ3n) is 5.05. The largest absolute Gasteiger partial charge is 0.320 e. The van der Waals surface area contributed by atoms with E-state index in [1.807, 2.05) is 0 Å². The number of carbonyl (C=O) groups excluding carboxylic acids is 2. The van der Waals surface area contributed by atoms with Crippen LogP contribution in [0.25, 0.3) is 0 Å². The molecular formula is C16H18N4O2S2. The lowest BCUT2D eigenvalue weighted by Crippen LogP contribution is -2.69. The summed E-state index contributed by atoms with van der Waals surface area (Å²) in [7, 11) is 1.53. The zero-order valence-corrected chi connectivity index (χ0v) is 15.4. The molecule has 4 atom stereocenters. The van der Waals surface area contributed by atoms with Crippen LogP contribution in [0.4, 0.5) is 0 Å². The van der Waals surface area contributed by atoms with E-state index in [1.54, 1.807) is 38.4 Å². The van der Waals surface area contributed by atoms with Gasteiger partial charge in [-0.1, -0.05) is 6.07 Å². The van der Waals surface area contributed by atoms with Crippen molar-refractivity contribution in [2.45, 2.75) is 36.1 Å². The number of nitrogens with zero attached hydrogens (tertiary/aromatic N) is 4. The van der Waals surface area contributed by atoms with Gasteiger partial charge >= 0.3 is 0 Å². The third-order valence-corrected chi connectivity index (χ3v) is 6.11. The molecule has 0 saturated carbocycles. The van der Waals surface area contributed by atoms with Gasteiger partial charge in [0.25, 0.3) is 11.8 Å². The number of pyridine rings is 1. The maximum Gasteiger partial charge on any atom is 0.260 e. The van der Waals surface area contributed by atoms with E-state index in [2.05, 4.69) is 36.3 Å². The maximum absolute atomic E-state index is 13.2. The number of aromatic nitrogens is 1. The van der Waals surface area contributed by atoms with Gasteiger partial charge in [0, 0.05) is 25.9 Å². The minimum atomic E-state index is -1.38. The van der Waals surface area contributed by atoms with Crippen LogP contribution >= 0.6 is 25.3 Å². The second-order valence-corrected chi connectivity index (χ2v) is 8.38. The summed E-state index contributed by atoms with van der Waals surface area (Å²) in [5.41, 5.74) is -0.266. The fourth-order valence-corrected chi connectivity index (χ4v) is 4.53. The fraction of sp³-hybridized carbons (Fsp3) is 0.500. The number of thiol groups is 2. The van der Waals surface area contributed by atoms with Gasteiger partial charge in [0.05, 0.1) is 17.5 Å². The van der Waals surface area contributed by atoms with Crippen LogP contribution in [0.3, 0.4) is 0 Å². The Morgan fingerprint density at radius 1 is 1.33 bits per heavy atom. The predicted octanol–water partition coefficient (Wildman–Crippen LogP) is 1.63. The van der Waals surface area contributed by atoms with Crippen molar-refractivity contribution in [3.05, 3.63) is 30.1 Å². The molecule has 0 radical (unpaired) electrons. The van der Waals surface area contributed by atoms with E-state index in [1.165, 1.54) is 16.8 Å². The van der Waals surface area contributed by atoms with E-state index >= 15 is 0 Å². The summed E-state index contributed by atoms with van der Waals surface area (Å²) < 4.78 is 0. The lowest BCUT2D eigenvalue weighted by Gasteiger charge is -2.50. The third kappa shape index (κ3) is 2.01. The first-order chi connectivity index (χ1) is 11.1. The maximum atomic E-state index is 13.2. The fourth-order valence-electron chi connectivity index (χ4n) is 3.65. The van der Waals surface area contributed by atoms with Crippen LogP contribution in [0.5, 0.6) is 0 Å². The topological polar surface area (TPSA) is 77.3 Å². The second-order valence-electron chi connectivity index (χ2n) is 6.77. The highest BCUT2D eigenvalue weighted by Gasteiger charge is 2.68. The number of rotatable bonds is 1. The molecule has 0 bridgehead atoms. The number of likely N-dealkylation sites (N-methyl/N-ethyl adjacent to an activating group) is 1. The first-order valence-corrected chi connectivity index (χ1v) is 8.37. The molecule has 126 valence electrons. The van der Waals surface area contributed by atoms with Gasteiger partial charge in [0.2, 0.25) is 0 Å². The zero-order valence-electron chi connectivity index (χ0n) is 13.6. The molecule has 0 spiro atoms. The van der Waals surface area contributed by atoms with Crippen molar-refractivity contribution in [3.8, 4) is 6.07 Å². The Morgan fingerprint density at radius 3 is 2.54 bits per heavy atom. The van der Waals surface area contributed by atoms with Gasteiger partial charge in [-0.15, -0.1) is 25.3 Å². The Morgan fingerprint density at radius 2 is 2.00 bits per heavy atom. The second kappa shape index (κ2) is 5.14. The van der Waals surface area contributed by atoms with E-state index in [4.69, 9.17) is 0 Å². The van der Waals surface area contributed by atoms with Gasteiger partial charge < -0.3 is 9.80 Å². The number of hydrogen-bond acceptors (Lipinski definition) is 6. The molecule has 3 rings (SSSR count). The molecule has 3 heterocycles. The van der Waals surface area contributed by atoms with Crippen molar-refractivity contribution in [3.63, 3.8) is 0 Å². The normalized spacial score (nSPS) is 38.9. The number of nitriles is 1. The van der Waals surface area contributed by atoms with Gasteiger partial charge in [-0.05, 0) is 25.5 Å². The van der Waals surface area contributed by atoms with E-state index < -0.39 is 21.2 Å². The van der Waals surface area contributed by atoms with Gasteiger partial charge in [-0.25, -0.2) is 0 Å². The summed E-state index contributed by atoms with van der Waals surface area (Å²) in [4.78, 5) is 30.2. The molecular weight excluding hydrogens is 344 g/mol. The number of amides is 2. The molecule has 0 aliphatic carbocycles. The smallest absolute Gasteiger partial charge is 0.260 e. The summed E-state index contributed by atoms with van der Waals surface area (Å²) in [6.45, 7) is 3.32. The predicted molar refractivity (Wildman–Crippen MR) is 94.0 cm³/mol. The van der Waals surface area contributed by atoms with E-state index in [0.717, 1.165) is 0 Å². The first-order valence-electron chi connectivity index (χ1n) is 7.47. The lowest BCUT2D eigenvalue weighted by molar-refractivity contribution is -0.163. The SMILES string of the molecule is CN1C(=O)C2(S)C[C@](C)(C#N)C(c3cccnc3)N2C(=O)[C@@]1(C)S. The van der Waals surface area contributed by atoms with Gasteiger partial charge in [-0.3, -0.25) is 14.6 Å². The Labute approximate surface area is 151 Å². The molecule has 24 heavy (non-hydrogen) atoms. The molecule has 8 heteroatoms. The van der Waals surface area contributed by atoms with Crippen molar-refractivity contribution < 1.29 is 9.59 Å². The molecule has 2 aliphatic heterocycles. The number of hydrogen-bond donors (Lipinski definition) is 2. The Balaban J connectivity index is 2.24. The average molecular weight is 362 g/mol. The standard InChI is InChI=1S/C16H18N4O2S2/c1-14(9-17)8-16(24)13(22)19(3)15(2,23)12(21)20(16)11(14)10-5-4-6-18-7-10/h4-7,11,23-24H,8H2,1-3H3/t11?,14-,15-,16?/m1/s1. The van der Waals surface area contributed by atoms with Crippen LogP contribution in [0.15, 0.2) is 24.5 Å². The highest BCUT2D eigenvalue weighted by atomic mass is 32.1. The minimum Gasteiger partial charge on any atom is -0.320 e. The Hall–Kier alpha value is -1.72. The number of fused-ring (bicyclic) bond motifs is 1. The van der Waals surface area contributed by atoms with E-state index in [0.29, 0.717) is 5.56 Å². The summed E-state index contributed by atoms with van der Waals surface area (Å²) in [5, 5.41) is 9.80. The van der Waals surface area contributed by atoms with Crippen molar-refractivity contribution in [1.82, 2.24) is 14.8 Å². The van der Waals surface area contributed by atoms with Crippen molar-refractivity contribution in [2.75, 3.05) is 7.05 Å². The van der Waals surface area contributed by atoms with Gasteiger partial charge in [0.1, 0.15) is 0 Å². The Kier molecular flexibility index (Phi) is 3.66. The monoisotopic (exact) mass is 362 g/mol. The van der Waals surface area contributed by atoms with Crippen molar-refractivity contribution in [1.29, 1.82) is 5.26 Å². The van der Waals surface area contributed by atoms with Crippen LogP contribution in [0.2, 0.25) is 0 Å². The molecule has 0 aromatic carbocycles. The highest BCUT2D eigenvalue weighted by Crippen LogP contribution is 2.59. The highest BCUT2D eigenvalue weighted by molar-refractivity contribution is 7.83. The van der Waals surface area contributed by atoms with Crippen molar-refractivity contribution >= 4 is 37.1 Å². The van der Waals surface area contributed by atoms with Crippen LogP contribution in [-0.2, 0) is 9.59 Å². The zero-order chi connectivity index (χ0) is 17.9. The van der Waals surface area contributed by atoms with Gasteiger partial charge in [-0.2, -0.15) is 5.26 Å². The number of carbonyl (C=O) groups is 2. The molecule has 2 saturated heterocycles. The molecule has 2 fully saturated rings. The summed E-state index contributed by atoms with van der Waals surface area (Å²) in [6, 6.07) is 5.22. The first kappa shape index (κ1) is 17.1. The number of piperazine rings is 1. The van der Waals surface area contributed by atoms with Crippen LogP contribution in [0, 0.1) is 16.7 Å². The van der Waals surface area contributed by atoms with Crippen LogP contribution in [-0.4, -0.2) is 43.4 Å². The van der Waals surface area contributed by atoms with Gasteiger partial charge in [0.15, 0.2) is 9.74 Å². The summed E-state index contributed by atoms with van der Waals surface area (Å²) in [6.07, 6.45) is 3.37. The van der Waals surface area contributed by atoms with E-state index in [-0.39, 0.29) is 18.2 Å².